The van der Waals surface area contributed by atoms with Crippen molar-refractivity contribution in [3.05, 3.63) is 28.2 Å². The smallest absolute Gasteiger partial charge is 0.316 e. The molecule has 0 atom stereocenters. The van der Waals surface area contributed by atoms with E-state index in [2.05, 4.69) is 5.32 Å². The molecule has 0 unspecified atom stereocenters. The van der Waals surface area contributed by atoms with Crippen LogP contribution in [0, 0.1) is 0 Å². The molecule has 0 heterocycles. The summed E-state index contributed by atoms with van der Waals surface area (Å²) in [6.45, 7) is -0.279. The Labute approximate surface area is 119 Å². The Morgan fingerprint density at radius 3 is 2.78 bits per heavy atom. The molecule has 0 radical (unpaired) electrons. The first-order valence-electron chi connectivity index (χ1n) is 4.97. The number of nitrogens with one attached hydrogen (secondary N) is 1. The molecule has 1 N–H and O–H groups in total. The van der Waals surface area contributed by atoms with Crippen LogP contribution in [-0.2, 0) is 14.3 Å². The number of ether oxygens (including phenoxy) is 1. The molecule has 4 nitrogen and oxygen atoms in total. The minimum Gasteiger partial charge on any atom is -0.455 e. The van der Waals surface area contributed by atoms with E-state index in [0.29, 0.717) is 14.9 Å². The third-order valence-electron chi connectivity index (χ3n) is 1.88. The normalized spacial score (nSPS) is 9.94. The quantitative estimate of drug-likeness (QED) is 0.670. The van der Waals surface area contributed by atoms with E-state index >= 15 is 0 Å². The van der Waals surface area contributed by atoms with E-state index in [0.717, 1.165) is 0 Å². The van der Waals surface area contributed by atoms with Gasteiger partial charge in [-0.2, -0.15) is 0 Å². The lowest BCUT2D eigenvalue weighted by atomic mass is 10.4. The Hall–Kier alpha value is -0.910. The van der Waals surface area contributed by atoms with E-state index in [1.807, 2.05) is 0 Å². The Kier molecular flexibility index (Phi) is 6.32. The van der Waals surface area contributed by atoms with E-state index in [1.165, 1.54) is 18.8 Å². The molecular weight excluding hydrogens is 297 g/mol. The van der Waals surface area contributed by atoms with Crippen LogP contribution in [0.1, 0.15) is 0 Å². The third kappa shape index (κ3) is 5.16. The molecular formula is C11H11Cl2NO3S. The number of likely N-dealkylation sites (N-methyl/N-ethyl adjacent to an activating group) is 1. The van der Waals surface area contributed by atoms with Gasteiger partial charge in [0.05, 0.1) is 10.8 Å². The van der Waals surface area contributed by atoms with E-state index in [-0.39, 0.29) is 18.3 Å². The summed E-state index contributed by atoms with van der Waals surface area (Å²) in [6, 6.07) is 4.99. The first kappa shape index (κ1) is 15.1. The lowest BCUT2D eigenvalue weighted by Gasteiger charge is -2.05. The molecule has 0 bridgehead atoms. The maximum absolute atomic E-state index is 11.3. The summed E-state index contributed by atoms with van der Waals surface area (Å²) >= 11 is 13.0. The lowest BCUT2D eigenvalue weighted by molar-refractivity contribution is -0.145. The van der Waals surface area contributed by atoms with Crippen LogP contribution in [0.25, 0.3) is 0 Å². The van der Waals surface area contributed by atoms with Crippen molar-refractivity contribution in [2.75, 3.05) is 19.4 Å². The minimum absolute atomic E-state index is 0.0665. The molecule has 0 saturated heterocycles. The monoisotopic (exact) mass is 307 g/mol. The van der Waals surface area contributed by atoms with Gasteiger partial charge in [0.2, 0.25) is 0 Å². The van der Waals surface area contributed by atoms with Crippen LogP contribution in [-0.4, -0.2) is 31.3 Å². The number of rotatable bonds is 5. The predicted octanol–water partition coefficient (Wildman–Crippen LogP) is 2.37. The van der Waals surface area contributed by atoms with E-state index in [1.54, 1.807) is 18.2 Å². The van der Waals surface area contributed by atoms with Gasteiger partial charge in [-0.25, -0.2) is 0 Å². The summed E-state index contributed by atoms with van der Waals surface area (Å²) in [6.07, 6.45) is 0. The highest BCUT2D eigenvalue weighted by Gasteiger charge is 2.09. The molecule has 0 spiro atoms. The largest absolute Gasteiger partial charge is 0.455 e. The summed E-state index contributed by atoms with van der Waals surface area (Å²) in [5.74, 6) is -0.773. The van der Waals surface area contributed by atoms with Gasteiger partial charge in [-0.05, 0) is 18.2 Å². The maximum Gasteiger partial charge on any atom is 0.316 e. The molecule has 0 aromatic heterocycles. The molecule has 1 amide bonds. The number of thioether (sulfide) groups is 1. The van der Waals surface area contributed by atoms with Gasteiger partial charge in [0, 0.05) is 17.0 Å². The maximum atomic E-state index is 11.3. The van der Waals surface area contributed by atoms with Crippen molar-refractivity contribution in [3.63, 3.8) is 0 Å². The molecule has 0 aliphatic carbocycles. The molecule has 0 fully saturated rings. The highest BCUT2D eigenvalue weighted by atomic mass is 35.5. The average molecular weight is 308 g/mol. The molecule has 1 aromatic carbocycles. The van der Waals surface area contributed by atoms with Crippen LogP contribution >= 0.6 is 35.0 Å². The fraction of sp³-hybridized carbons (Fsp3) is 0.273. The lowest BCUT2D eigenvalue weighted by Crippen LogP contribution is -2.25. The van der Waals surface area contributed by atoms with Crippen LogP contribution < -0.4 is 5.32 Å². The minimum atomic E-state index is -0.486. The average Bonchev–Trinajstić information content (AvgIpc) is 2.36. The van der Waals surface area contributed by atoms with Gasteiger partial charge in [-0.3, -0.25) is 9.59 Å². The SMILES string of the molecule is CNC(=O)COC(=O)CSc1cc(Cl)ccc1Cl. The zero-order valence-electron chi connectivity index (χ0n) is 9.54. The number of halogens is 2. The summed E-state index contributed by atoms with van der Waals surface area (Å²) in [5.41, 5.74) is 0. The topological polar surface area (TPSA) is 55.4 Å². The van der Waals surface area contributed by atoms with E-state index in [4.69, 9.17) is 27.9 Å². The van der Waals surface area contributed by atoms with Crippen molar-refractivity contribution in [1.29, 1.82) is 0 Å². The number of esters is 1. The number of hydrogen-bond acceptors (Lipinski definition) is 4. The Morgan fingerprint density at radius 2 is 2.11 bits per heavy atom. The van der Waals surface area contributed by atoms with E-state index < -0.39 is 5.97 Å². The van der Waals surface area contributed by atoms with Crippen LogP contribution in [0.4, 0.5) is 0 Å². The highest BCUT2D eigenvalue weighted by molar-refractivity contribution is 8.00. The second kappa shape index (κ2) is 7.51. The molecule has 7 heteroatoms. The van der Waals surface area contributed by atoms with Crippen LogP contribution in [0.2, 0.25) is 10.0 Å². The number of carbonyl (C=O) groups excluding carboxylic acids is 2. The number of amides is 1. The van der Waals surface area contributed by atoms with Crippen molar-refractivity contribution in [3.8, 4) is 0 Å². The fourth-order valence-electron chi connectivity index (χ4n) is 0.984. The molecule has 98 valence electrons. The number of carbonyl (C=O) groups is 2. The second-order valence-electron chi connectivity index (χ2n) is 3.20. The zero-order valence-corrected chi connectivity index (χ0v) is 11.9. The van der Waals surface area contributed by atoms with Crippen LogP contribution in [0.3, 0.4) is 0 Å². The van der Waals surface area contributed by atoms with Gasteiger partial charge in [-0.15, -0.1) is 11.8 Å². The molecule has 0 saturated carbocycles. The predicted molar refractivity (Wildman–Crippen MR) is 72.2 cm³/mol. The van der Waals surface area contributed by atoms with Gasteiger partial charge in [0.25, 0.3) is 5.91 Å². The highest BCUT2D eigenvalue weighted by Crippen LogP contribution is 2.29. The van der Waals surface area contributed by atoms with Crippen molar-refractivity contribution in [2.45, 2.75) is 4.90 Å². The molecule has 1 aromatic rings. The fourth-order valence-corrected chi connectivity index (χ4v) is 2.28. The van der Waals surface area contributed by atoms with E-state index in [9.17, 15) is 9.59 Å². The Bertz CT molecular complexity index is 454. The van der Waals surface area contributed by atoms with Gasteiger partial charge >= 0.3 is 5.97 Å². The van der Waals surface area contributed by atoms with Crippen molar-refractivity contribution < 1.29 is 14.3 Å². The van der Waals surface area contributed by atoms with Crippen molar-refractivity contribution in [1.82, 2.24) is 5.32 Å². The van der Waals surface area contributed by atoms with Crippen LogP contribution in [0.15, 0.2) is 23.1 Å². The van der Waals surface area contributed by atoms with Crippen molar-refractivity contribution in [2.24, 2.45) is 0 Å². The first-order valence-corrected chi connectivity index (χ1v) is 6.71. The molecule has 0 aliphatic heterocycles. The van der Waals surface area contributed by atoms with Gasteiger partial charge in [-0.1, -0.05) is 23.2 Å². The van der Waals surface area contributed by atoms with Gasteiger partial charge in [0.15, 0.2) is 6.61 Å². The first-order chi connectivity index (χ1) is 8.52. The number of hydrogen-bond donors (Lipinski definition) is 1. The van der Waals surface area contributed by atoms with Gasteiger partial charge in [0.1, 0.15) is 0 Å². The number of benzene rings is 1. The van der Waals surface area contributed by atoms with Crippen LogP contribution in [0.5, 0.6) is 0 Å². The summed E-state index contributed by atoms with van der Waals surface area (Å²) < 4.78 is 4.74. The molecule has 0 aliphatic rings. The third-order valence-corrected chi connectivity index (χ3v) is 3.59. The zero-order chi connectivity index (χ0) is 13.5. The van der Waals surface area contributed by atoms with Gasteiger partial charge < -0.3 is 10.1 Å². The summed E-state index contributed by atoms with van der Waals surface area (Å²) in [5, 5.41) is 3.41. The summed E-state index contributed by atoms with van der Waals surface area (Å²) in [4.78, 5) is 22.9. The second-order valence-corrected chi connectivity index (χ2v) is 5.06. The Balaban J connectivity index is 2.42. The Morgan fingerprint density at radius 1 is 1.39 bits per heavy atom. The van der Waals surface area contributed by atoms with Crippen molar-refractivity contribution >= 4 is 46.8 Å². The standard InChI is InChI=1S/C11H11Cl2NO3S/c1-14-10(15)5-17-11(16)6-18-9-4-7(12)2-3-8(9)13/h2-4H,5-6H2,1H3,(H,14,15). The summed E-state index contributed by atoms with van der Waals surface area (Å²) in [7, 11) is 1.47. The molecule has 1 rings (SSSR count). The molecule has 18 heavy (non-hydrogen) atoms.